The summed E-state index contributed by atoms with van der Waals surface area (Å²) in [5, 5.41) is 0. The highest BCUT2D eigenvalue weighted by Gasteiger charge is 2.55. The topological polar surface area (TPSA) is 69.7 Å². The lowest BCUT2D eigenvalue weighted by Crippen LogP contribution is -2.49. The molecule has 4 rings (SSSR count). The number of likely N-dealkylation sites (N-methyl/N-ethyl adjacent to an activating group) is 1. The summed E-state index contributed by atoms with van der Waals surface area (Å²) in [7, 11) is -0.0169. The predicted octanol–water partition coefficient (Wildman–Crippen LogP) is 4.18. The van der Waals surface area contributed by atoms with Gasteiger partial charge in [0.15, 0.2) is 6.10 Å². The van der Waals surface area contributed by atoms with Crippen molar-refractivity contribution in [1.29, 1.82) is 0 Å². The Labute approximate surface area is 197 Å². The van der Waals surface area contributed by atoms with E-state index in [2.05, 4.69) is 14.1 Å². The molecule has 2 aromatic rings. The van der Waals surface area contributed by atoms with E-state index in [4.69, 9.17) is 8.92 Å². The van der Waals surface area contributed by atoms with Crippen LogP contribution in [0.25, 0.3) is 0 Å². The number of likely N-dealkylation sites (tertiary alicyclic amines) is 1. The summed E-state index contributed by atoms with van der Waals surface area (Å²) >= 11 is 0. The van der Waals surface area contributed by atoms with Gasteiger partial charge in [0.05, 0.1) is 25.5 Å². The molecule has 33 heavy (non-hydrogen) atoms. The molecule has 178 valence electrons. The third-order valence-electron chi connectivity index (χ3n) is 7.01. The largest absolute Gasteiger partial charge is 0.454 e. The number of hydrogen-bond donors (Lipinski definition) is 0. The number of ether oxygens (including phenoxy) is 1. The lowest BCUT2D eigenvalue weighted by atomic mass is 9.80. The summed E-state index contributed by atoms with van der Waals surface area (Å²) in [6.45, 7) is 3.50. The number of benzene rings is 2. The molecule has 1 heterocycles. The lowest BCUT2D eigenvalue weighted by molar-refractivity contribution is -0.879. The molecule has 0 aromatic heterocycles. The van der Waals surface area contributed by atoms with Crippen molar-refractivity contribution in [3.63, 3.8) is 0 Å². The molecule has 0 bridgehead atoms. The normalized spacial score (nSPS) is 22.7. The molecule has 1 aliphatic heterocycles. The van der Waals surface area contributed by atoms with Gasteiger partial charge in [0, 0.05) is 12.3 Å². The van der Waals surface area contributed by atoms with Crippen LogP contribution in [0, 0.1) is 12.8 Å². The quantitative estimate of drug-likeness (QED) is 0.344. The Morgan fingerprint density at radius 3 is 2.18 bits per heavy atom. The number of rotatable bonds is 7. The van der Waals surface area contributed by atoms with Gasteiger partial charge in [0.2, 0.25) is 5.60 Å². The molecule has 2 atom stereocenters. The van der Waals surface area contributed by atoms with Crippen molar-refractivity contribution in [2.75, 3.05) is 27.2 Å². The standard InChI is InChI=1S/C26H34NO5S/c1-20-13-15-24(16-14-20)33(29,30)32-26(22-11-7-8-12-22,21-9-5-4-6-10-21)25(28)31-23-17-18-27(2,3)19-23/h4-6,9-10,13-16,22-23H,7-8,11-12,17-19H2,1-3H3/q+1/t23-,26-/m1/s1. The van der Waals surface area contributed by atoms with Crippen LogP contribution < -0.4 is 0 Å². The van der Waals surface area contributed by atoms with Crippen LogP contribution in [-0.4, -0.2) is 52.2 Å². The van der Waals surface area contributed by atoms with Crippen molar-refractivity contribution in [2.45, 2.75) is 55.6 Å². The molecule has 0 N–H and O–H groups in total. The van der Waals surface area contributed by atoms with Gasteiger partial charge in [-0.15, -0.1) is 0 Å². The fourth-order valence-corrected chi connectivity index (χ4v) is 6.39. The van der Waals surface area contributed by atoms with Gasteiger partial charge in [0.1, 0.15) is 6.54 Å². The van der Waals surface area contributed by atoms with Gasteiger partial charge in [0.25, 0.3) is 10.1 Å². The highest BCUT2D eigenvalue weighted by Crippen LogP contribution is 2.46. The van der Waals surface area contributed by atoms with E-state index >= 15 is 0 Å². The van der Waals surface area contributed by atoms with Crippen molar-refractivity contribution in [3.8, 4) is 0 Å². The molecule has 1 aliphatic carbocycles. The number of carbonyl (C=O) groups is 1. The van der Waals surface area contributed by atoms with E-state index in [1.165, 1.54) is 12.1 Å². The zero-order valence-corrected chi connectivity index (χ0v) is 20.5. The van der Waals surface area contributed by atoms with Crippen LogP contribution in [0.2, 0.25) is 0 Å². The van der Waals surface area contributed by atoms with Gasteiger partial charge < -0.3 is 9.22 Å². The number of nitrogens with zero attached hydrogens (tertiary/aromatic N) is 1. The fourth-order valence-electron chi connectivity index (χ4n) is 5.18. The first kappa shape index (κ1) is 23.9. The third-order valence-corrected chi connectivity index (χ3v) is 8.35. The average Bonchev–Trinajstić information content (AvgIpc) is 3.43. The maximum absolute atomic E-state index is 14.0. The molecule has 6 nitrogen and oxygen atoms in total. The Balaban J connectivity index is 1.78. The molecule has 0 spiro atoms. The van der Waals surface area contributed by atoms with Crippen LogP contribution in [-0.2, 0) is 29.4 Å². The first-order chi connectivity index (χ1) is 15.6. The van der Waals surface area contributed by atoms with Crippen molar-refractivity contribution < 1.29 is 26.6 Å². The van der Waals surface area contributed by atoms with Gasteiger partial charge in [-0.25, -0.2) is 8.98 Å². The maximum Gasteiger partial charge on any atom is 0.345 e. The third kappa shape index (κ3) is 5.00. The van der Waals surface area contributed by atoms with Gasteiger partial charge in [-0.1, -0.05) is 60.9 Å². The molecule has 7 heteroatoms. The molecule has 0 radical (unpaired) electrons. The second-order valence-electron chi connectivity index (χ2n) is 10.1. The fraction of sp³-hybridized carbons (Fsp3) is 0.500. The van der Waals surface area contributed by atoms with Crippen molar-refractivity contribution in [2.24, 2.45) is 5.92 Å². The number of quaternary nitrogens is 1. The van der Waals surface area contributed by atoms with Crippen molar-refractivity contribution >= 4 is 16.1 Å². The van der Waals surface area contributed by atoms with E-state index in [1.807, 2.05) is 25.1 Å². The zero-order chi connectivity index (χ0) is 23.7. The van der Waals surface area contributed by atoms with E-state index < -0.39 is 21.7 Å². The van der Waals surface area contributed by atoms with Crippen LogP contribution in [0.3, 0.4) is 0 Å². The minimum atomic E-state index is -4.23. The summed E-state index contributed by atoms with van der Waals surface area (Å²) in [4.78, 5) is 14.0. The molecule has 0 amide bonds. The van der Waals surface area contributed by atoms with Crippen LogP contribution in [0.5, 0.6) is 0 Å². The summed E-state index contributed by atoms with van der Waals surface area (Å²) < 4.78 is 39.8. The first-order valence-electron chi connectivity index (χ1n) is 11.7. The van der Waals surface area contributed by atoms with E-state index in [-0.39, 0.29) is 16.9 Å². The van der Waals surface area contributed by atoms with E-state index in [1.54, 1.807) is 24.3 Å². The summed E-state index contributed by atoms with van der Waals surface area (Å²) in [6.07, 6.45) is 3.75. The minimum Gasteiger partial charge on any atom is -0.454 e. The van der Waals surface area contributed by atoms with Crippen LogP contribution in [0.1, 0.15) is 43.2 Å². The van der Waals surface area contributed by atoms with Crippen LogP contribution in [0.15, 0.2) is 59.5 Å². The Hall–Kier alpha value is -2.22. The van der Waals surface area contributed by atoms with Gasteiger partial charge in [-0.3, -0.25) is 0 Å². The summed E-state index contributed by atoms with van der Waals surface area (Å²) in [5.41, 5.74) is -0.230. The molecular formula is C26H34NO5S+. The van der Waals surface area contributed by atoms with Gasteiger partial charge in [-0.2, -0.15) is 8.42 Å². The molecule has 2 aromatic carbocycles. The lowest BCUT2D eigenvalue weighted by Gasteiger charge is -2.37. The summed E-state index contributed by atoms with van der Waals surface area (Å²) in [6, 6.07) is 15.5. The smallest absolute Gasteiger partial charge is 0.345 e. The number of hydrogen-bond acceptors (Lipinski definition) is 5. The predicted molar refractivity (Wildman–Crippen MR) is 126 cm³/mol. The first-order valence-corrected chi connectivity index (χ1v) is 13.1. The Bertz CT molecular complexity index is 1080. The second kappa shape index (κ2) is 9.20. The Morgan fingerprint density at radius 1 is 0.970 bits per heavy atom. The van der Waals surface area contributed by atoms with Crippen molar-refractivity contribution in [1.82, 2.24) is 0 Å². The van der Waals surface area contributed by atoms with Crippen LogP contribution >= 0.6 is 0 Å². The molecule has 2 aliphatic rings. The van der Waals surface area contributed by atoms with E-state index in [0.29, 0.717) is 24.9 Å². The minimum absolute atomic E-state index is 0.0397. The maximum atomic E-state index is 14.0. The summed E-state index contributed by atoms with van der Waals surface area (Å²) in [5.74, 6) is -0.875. The second-order valence-corrected chi connectivity index (χ2v) is 11.6. The highest BCUT2D eigenvalue weighted by atomic mass is 32.2. The Kier molecular flexibility index (Phi) is 6.67. The molecule has 1 saturated heterocycles. The molecular weight excluding hydrogens is 438 g/mol. The number of carbonyl (C=O) groups excluding carboxylic acids is 1. The van der Waals surface area contributed by atoms with Crippen LogP contribution in [0.4, 0.5) is 0 Å². The molecule has 2 fully saturated rings. The van der Waals surface area contributed by atoms with E-state index in [0.717, 1.165) is 35.9 Å². The zero-order valence-electron chi connectivity index (χ0n) is 19.7. The van der Waals surface area contributed by atoms with Crippen molar-refractivity contribution in [3.05, 3.63) is 65.7 Å². The number of aryl methyl sites for hydroxylation is 1. The average molecular weight is 473 g/mol. The van der Waals surface area contributed by atoms with Gasteiger partial charge >= 0.3 is 5.97 Å². The SMILES string of the molecule is Cc1ccc(S(=O)(=O)O[C@](C(=O)O[C@@H]2CC[N+](C)(C)C2)(c2ccccc2)C2CCCC2)cc1. The Morgan fingerprint density at radius 2 is 1.61 bits per heavy atom. The highest BCUT2D eigenvalue weighted by molar-refractivity contribution is 7.86. The van der Waals surface area contributed by atoms with E-state index in [9.17, 15) is 13.2 Å². The number of esters is 1. The molecule has 1 saturated carbocycles. The monoisotopic (exact) mass is 472 g/mol. The molecule has 0 unspecified atom stereocenters. The van der Waals surface area contributed by atoms with Gasteiger partial charge in [-0.05, 0) is 37.5 Å².